The van der Waals surface area contributed by atoms with Gasteiger partial charge in [0.25, 0.3) is 5.91 Å². The first-order valence-corrected chi connectivity index (χ1v) is 11.2. The Morgan fingerprint density at radius 3 is 2.59 bits per heavy atom. The van der Waals surface area contributed by atoms with Crippen molar-refractivity contribution in [1.82, 2.24) is 16.0 Å². The summed E-state index contributed by atoms with van der Waals surface area (Å²) in [5.74, 6) is 1.19. The fourth-order valence-electron chi connectivity index (χ4n) is 3.41. The van der Waals surface area contributed by atoms with Crippen LogP contribution in [0.1, 0.15) is 37.9 Å². The number of benzene rings is 2. The van der Waals surface area contributed by atoms with Crippen molar-refractivity contribution in [2.45, 2.75) is 33.4 Å². The molecule has 0 aromatic heterocycles. The fourth-order valence-corrected chi connectivity index (χ4v) is 3.99. The molecule has 1 aliphatic rings. The number of ether oxygens (including phenoxy) is 2. The molecule has 0 aliphatic carbocycles. The van der Waals surface area contributed by atoms with E-state index in [9.17, 15) is 9.59 Å². The second-order valence-electron chi connectivity index (χ2n) is 7.98. The van der Waals surface area contributed by atoms with Crippen LogP contribution in [0, 0.1) is 5.92 Å². The SMILES string of the molecule is COc1cc([C@H]2NC(=O)NC(C)=C2C(=O)NCc2ccccc2)cc(Br)c1OCC(C)C. The number of carbonyl (C=O) groups is 2. The van der Waals surface area contributed by atoms with E-state index in [0.717, 1.165) is 5.56 Å². The van der Waals surface area contributed by atoms with Crippen LogP contribution in [0.3, 0.4) is 0 Å². The van der Waals surface area contributed by atoms with Gasteiger partial charge in [0.2, 0.25) is 0 Å². The van der Waals surface area contributed by atoms with Gasteiger partial charge in [-0.1, -0.05) is 44.2 Å². The second-order valence-corrected chi connectivity index (χ2v) is 8.83. The first kappa shape index (κ1) is 23.7. The van der Waals surface area contributed by atoms with Crippen LogP contribution in [0.4, 0.5) is 4.79 Å². The number of methoxy groups -OCH3 is 1. The average Bonchev–Trinajstić information content (AvgIpc) is 2.76. The summed E-state index contributed by atoms with van der Waals surface area (Å²) in [6.45, 7) is 6.76. The van der Waals surface area contributed by atoms with E-state index in [1.807, 2.05) is 36.4 Å². The van der Waals surface area contributed by atoms with Gasteiger partial charge in [-0.05, 0) is 52.0 Å². The molecule has 0 saturated carbocycles. The maximum Gasteiger partial charge on any atom is 0.319 e. The minimum Gasteiger partial charge on any atom is -0.493 e. The molecular formula is C24H28BrN3O4. The normalized spacial score (nSPS) is 15.8. The minimum atomic E-state index is -0.649. The first-order valence-electron chi connectivity index (χ1n) is 10.4. The van der Waals surface area contributed by atoms with Crippen molar-refractivity contribution in [1.29, 1.82) is 0 Å². The van der Waals surface area contributed by atoms with Gasteiger partial charge < -0.3 is 25.4 Å². The van der Waals surface area contributed by atoms with Crippen LogP contribution in [0.2, 0.25) is 0 Å². The van der Waals surface area contributed by atoms with Crippen molar-refractivity contribution < 1.29 is 19.1 Å². The predicted molar refractivity (Wildman–Crippen MR) is 126 cm³/mol. The second kappa shape index (κ2) is 10.5. The molecule has 170 valence electrons. The van der Waals surface area contributed by atoms with E-state index in [-0.39, 0.29) is 11.9 Å². The molecule has 8 heteroatoms. The Balaban J connectivity index is 1.91. The molecule has 32 heavy (non-hydrogen) atoms. The molecule has 1 atom stereocenters. The lowest BCUT2D eigenvalue weighted by molar-refractivity contribution is -0.118. The quantitative estimate of drug-likeness (QED) is 0.498. The lowest BCUT2D eigenvalue weighted by Crippen LogP contribution is -2.46. The van der Waals surface area contributed by atoms with Gasteiger partial charge in [-0.3, -0.25) is 4.79 Å². The molecule has 0 fully saturated rings. The van der Waals surface area contributed by atoms with Gasteiger partial charge in [0, 0.05) is 12.2 Å². The highest BCUT2D eigenvalue weighted by atomic mass is 79.9. The van der Waals surface area contributed by atoms with Crippen LogP contribution in [0.15, 0.2) is 58.2 Å². The molecule has 3 rings (SSSR count). The molecule has 0 bridgehead atoms. The Kier molecular flexibility index (Phi) is 7.80. The Bertz CT molecular complexity index is 1020. The molecule has 3 amide bonds. The monoisotopic (exact) mass is 501 g/mol. The highest BCUT2D eigenvalue weighted by Gasteiger charge is 2.32. The van der Waals surface area contributed by atoms with Crippen LogP contribution in [0.25, 0.3) is 0 Å². The number of hydrogen-bond acceptors (Lipinski definition) is 4. The number of amides is 3. The van der Waals surface area contributed by atoms with Crippen LogP contribution in [-0.2, 0) is 11.3 Å². The number of allylic oxidation sites excluding steroid dienone is 1. The summed E-state index contributed by atoms with van der Waals surface area (Å²) < 4.78 is 12.1. The summed E-state index contributed by atoms with van der Waals surface area (Å²) in [6.07, 6.45) is 0. The molecule has 0 radical (unpaired) electrons. The average molecular weight is 502 g/mol. The molecule has 2 aromatic carbocycles. The summed E-state index contributed by atoms with van der Waals surface area (Å²) in [5.41, 5.74) is 2.62. The fraction of sp³-hybridized carbons (Fsp3) is 0.333. The zero-order valence-corrected chi connectivity index (χ0v) is 20.2. The van der Waals surface area contributed by atoms with Gasteiger partial charge in [0.15, 0.2) is 11.5 Å². The summed E-state index contributed by atoms with van der Waals surface area (Å²) in [4.78, 5) is 25.4. The lowest BCUT2D eigenvalue weighted by atomic mass is 9.94. The zero-order chi connectivity index (χ0) is 23.3. The van der Waals surface area contributed by atoms with Gasteiger partial charge in [-0.25, -0.2) is 4.79 Å². The number of hydrogen-bond donors (Lipinski definition) is 3. The zero-order valence-electron chi connectivity index (χ0n) is 18.6. The van der Waals surface area contributed by atoms with Crippen molar-refractivity contribution >= 4 is 27.9 Å². The highest BCUT2D eigenvalue weighted by Crippen LogP contribution is 2.40. The molecule has 1 aliphatic heterocycles. The Labute approximate surface area is 196 Å². The number of rotatable bonds is 8. The van der Waals surface area contributed by atoms with Crippen molar-refractivity contribution in [3.8, 4) is 11.5 Å². The van der Waals surface area contributed by atoms with E-state index in [4.69, 9.17) is 9.47 Å². The van der Waals surface area contributed by atoms with Crippen LogP contribution >= 0.6 is 15.9 Å². The van der Waals surface area contributed by atoms with Gasteiger partial charge in [-0.15, -0.1) is 0 Å². The highest BCUT2D eigenvalue weighted by molar-refractivity contribution is 9.10. The van der Waals surface area contributed by atoms with Gasteiger partial charge >= 0.3 is 6.03 Å². The summed E-state index contributed by atoms with van der Waals surface area (Å²) in [7, 11) is 1.56. The van der Waals surface area contributed by atoms with E-state index in [1.54, 1.807) is 20.1 Å². The number of carbonyl (C=O) groups excluding carboxylic acids is 2. The molecular weight excluding hydrogens is 474 g/mol. The van der Waals surface area contributed by atoms with Crippen molar-refractivity contribution in [3.63, 3.8) is 0 Å². The first-order chi connectivity index (χ1) is 15.3. The molecule has 1 heterocycles. The van der Waals surface area contributed by atoms with Gasteiger partial charge in [0.1, 0.15) is 0 Å². The maximum absolute atomic E-state index is 13.1. The van der Waals surface area contributed by atoms with E-state index >= 15 is 0 Å². The predicted octanol–water partition coefficient (Wildman–Crippen LogP) is 4.44. The molecule has 0 spiro atoms. The van der Waals surface area contributed by atoms with Crippen molar-refractivity contribution in [2.75, 3.05) is 13.7 Å². The van der Waals surface area contributed by atoms with E-state index in [0.29, 0.717) is 51.9 Å². The van der Waals surface area contributed by atoms with Crippen molar-refractivity contribution in [2.24, 2.45) is 5.92 Å². The van der Waals surface area contributed by atoms with Gasteiger partial charge in [0.05, 0.1) is 29.8 Å². The number of nitrogens with one attached hydrogen (secondary N) is 3. The smallest absolute Gasteiger partial charge is 0.319 e. The molecule has 0 saturated heterocycles. The standard InChI is InChI=1S/C24H28BrN3O4/c1-14(2)13-32-22-18(25)10-17(11-19(22)31-4)21-20(15(3)27-24(30)28-21)23(29)26-12-16-8-6-5-7-9-16/h5-11,14,21H,12-13H2,1-4H3,(H,26,29)(H2,27,28,30)/t21-/m1/s1. The van der Waals surface area contributed by atoms with Crippen LogP contribution < -0.4 is 25.4 Å². The van der Waals surface area contributed by atoms with E-state index in [1.165, 1.54) is 0 Å². The third-order valence-corrected chi connectivity index (χ3v) is 5.54. The third kappa shape index (κ3) is 5.62. The topological polar surface area (TPSA) is 88.7 Å². The maximum atomic E-state index is 13.1. The Morgan fingerprint density at radius 2 is 1.94 bits per heavy atom. The number of urea groups is 1. The number of halogens is 1. The van der Waals surface area contributed by atoms with Crippen LogP contribution in [0.5, 0.6) is 11.5 Å². The molecule has 0 unspecified atom stereocenters. The lowest BCUT2D eigenvalue weighted by Gasteiger charge is -2.29. The molecule has 2 aromatic rings. The molecule has 3 N–H and O–H groups in total. The van der Waals surface area contributed by atoms with Gasteiger partial charge in [-0.2, -0.15) is 0 Å². The third-order valence-electron chi connectivity index (χ3n) is 4.96. The van der Waals surface area contributed by atoms with Crippen LogP contribution in [-0.4, -0.2) is 25.7 Å². The summed E-state index contributed by atoms with van der Waals surface area (Å²) >= 11 is 3.55. The summed E-state index contributed by atoms with van der Waals surface area (Å²) in [5, 5.41) is 8.50. The van der Waals surface area contributed by atoms with E-state index < -0.39 is 6.04 Å². The molecule has 7 nitrogen and oxygen atoms in total. The Hall–Kier alpha value is -3.00. The summed E-state index contributed by atoms with van der Waals surface area (Å²) in [6, 6.07) is 12.3. The van der Waals surface area contributed by atoms with E-state index in [2.05, 4.69) is 45.7 Å². The Morgan fingerprint density at radius 1 is 1.22 bits per heavy atom. The van der Waals surface area contributed by atoms with Crippen molar-refractivity contribution in [3.05, 3.63) is 69.3 Å². The largest absolute Gasteiger partial charge is 0.493 e. The minimum absolute atomic E-state index is 0.265.